The van der Waals surface area contributed by atoms with Crippen molar-refractivity contribution in [3.63, 3.8) is 0 Å². The highest BCUT2D eigenvalue weighted by Crippen LogP contribution is 2.69. The highest BCUT2D eigenvalue weighted by Gasteiger charge is 2.57. The van der Waals surface area contributed by atoms with Gasteiger partial charge in [0, 0.05) is 22.2 Å². The molecule has 4 aliphatic rings. The van der Waals surface area contributed by atoms with Crippen molar-refractivity contribution in [2.75, 3.05) is 0 Å². The molecule has 0 aliphatic heterocycles. The number of hydrogen-bond acceptors (Lipinski definition) is 0. The van der Waals surface area contributed by atoms with Gasteiger partial charge in [0.1, 0.15) is 0 Å². The van der Waals surface area contributed by atoms with Gasteiger partial charge in [-0.25, -0.2) is 0 Å². The van der Waals surface area contributed by atoms with Gasteiger partial charge in [0.05, 0.1) is 0 Å². The molecule has 0 amide bonds. The molecule has 1 spiro atoms. The molecule has 8 rings (SSSR count). The third-order valence-corrected chi connectivity index (χ3v) is 14.5. The van der Waals surface area contributed by atoms with E-state index in [1.807, 2.05) is 0 Å². The van der Waals surface area contributed by atoms with Crippen LogP contribution in [0.2, 0.25) is 0 Å². The zero-order valence-electron chi connectivity index (χ0n) is 34.2. The van der Waals surface area contributed by atoms with Crippen LogP contribution in [0.5, 0.6) is 0 Å². The van der Waals surface area contributed by atoms with Crippen molar-refractivity contribution in [3.8, 4) is 11.1 Å². The third kappa shape index (κ3) is 4.45. The van der Waals surface area contributed by atoms with Crippen LogP contribution in [0.25, 0.3) is 33.0 Å². The zero-order valence-corrected chi connectivity index (χ0v) is 34.2. The summed E-state index contributed by atoms with van der Waals surface area (Å²) in [6, 6.07) is 26.6. The lowest BCUT2D eigenvalue weighted by atomic mass is 9.55. The predicted molar refractivity (Wildman–Crippen MR) is 226 cm³/mol. The SMILES string of the molecule is CCC(CC)C1=CC2(c3ccc4c(c3-c3cc(C(C)C)c5ccccc5c32)C(C)(C)C2=C4C(C)(C)c3ccccc32)C(C(C)C)C(C(CC)CC)=C1. The van der Waals surface area contributed by atoms with Gasteiger partial charge in [-0.1, -0.05) is 161 Å². The molecule has 2 unspecified atom stereocenters. The second-order valence-corrected chi connectivity index (χ2v) is 18.5. The molecule has 0 radical (unpaired) electrons. The highest BCUT2D eigenvalue weighted by atomic mass is 14.6. The van der Waals surface area contributed by atoms with Crippen molar-refractivity contribution in [1.29, 1.82) is 0 Å². The predicted octanol–water partition coefficient (Wildman–Crippen LogP) is 14.7. The van der Waals surface area contributed by atoms with Crippen LogP contribution < -0.4 is 0 Å². The van der Waals surface area contributed by atoms with E-state index in [0.717, 1.165) is 0 Å². The summed E-state index contributed by atoms with van der Waals surface area (Å²) < 4.78 is 0. The molecule has 0 heteroatoms. The maximum atomic E-state index is 2.85. The minimum atomic E-state index is -0.246. The molecule has 0 nitrogen and oxygen atoms in total. The number of benzene rings is 4. The van der Waals surface area contributed by atoms with Crippen LogP contribution >= 0.6 is 0 Å². The van der Waals surface area contributed by atoms with Crippen LogP contribution in [-0.2, 0) is 16.2 Å². The lowest BCUT2D eigenvalue weighted by Gasteiger charge is -2.47. The summed E-state index contributed by atoms with van der Waals surface area (Å²) >= 11 is 0. The Hall–Kier alpha value is -3.64. The smallest absolute Gasteiger partial charge is 0.0474 e. The van der Waals surface area contributed by atoms with Gasteiger partial charge in [-0.15, -0.1) is 0 Å². The second-order valence-electron chi connectivity index (χ2n) is 18.5. The topological polar surface area (TPSA) is 0 Å². The first-order valence-corrected chi connectivity index (χ1v) is 20.8. The van der Waals surface area contributed by atoms with E-state index in [1.165, 1.54) is 64.3 Å². The Kier molecular flexibility index (Phi) is 8.30. The largest absolute Gasteiger partial charge is 0.0654 e. The van der Waals surface area contributed by atoms with Crippen molar-refractivity contribution in [2.45, 2.75) is 131 Å². The van der Waals surface area contributed by atoms with Gasteiger partial charge in [0.25, 0.3) is 0 Å². The minimum absolute atomic E-state index is 0.0481. The summed E-state index contributed by atoms with van der Waals surface area (Å²) in [6.07, 6.45) is 10.3. The average Bonchev–Trinajstić information content (AvgIpc) is 3.64. The van der Waals surface area contributed by atoms with E-state index in [0.29, 0.717) is 29.6 Å². The number of fused-ring (bicyclic) bond motifs is 12. The first-order chi connectivity index (χ1) is 24.8. The fourth-order valence-corrected chi connectivity index (χ4v) is 12.3. The summed E-state index contributed by atoms with van der Waals surface area (Å²) in [5.41, 5.74) is 19.6. The quantitative estimate of drug-likeness (QED) is 0.173. The fraction of sp³-hybridized carbons (Fsp3) is 0.462. The van der Waals surface area contributed by atoms with Gasteiger partial charge in [-0.3, -0.25) is 0 Å². The van der Waals surface area contributed by atoms with Crippen molar-refractivity contribution in [1.82, 2.24) is 0 Å². The number of allylic oxidation sites excluding steroid dienone is 6. The molecular weight excluding hydrogens is 625 g/mol. The van der Waals surface area contributed by atoms with Crippen LogP contribution in [0.4, 0.5) is 0 Å². The molecule has 0 fully saturated rings. The molecule has 4 aliphatic carbocycles. The average molecular weight is 687 g/mol. The van der Waals surface area contributed by atoms with E-state index in [1.54, 1.807) is 44.5 Å². The molecule has 0 bridgehead atoms. The molecule has 2 atom stereocenters. The van der Waals surface area contributed by atoms with Gasteiger partial charge in [-0.2, -0.15) is 0 Å². The molecule has 0 saturated heterocycles. The Balaban J connectivity index is 1.56. The van der Waals surface area contributed by atoms with Crippen LogP contribution in [0, 0.1) is 23.7 Å². The lowest BCUT2D eigenvalue weighted by molar-refractivity contribution is 0.298. The molecule has 52 heavy (non-hydrogen) atoms. The Morgan fingerprint density at radius 1 is 0.596 bits per heavy atom. The van der Waals surface area contributed by atoms with Crippen molar-refractivity contribution in [2.24, 2.45) is 23.7 Å². The van der Waals surface area contributed by atoms with E-state index >= 15 is 0 Å². The summed E-state index contributed by atoms with van der Waals surface area (Å²) in [6.45, 7) is 29.5. The van der Waals surface area contributed by atoms with Crippen molar-refractivity contribution in [3.05, 3.63) is 129 Å². The zero-order chi connectivity index (χ0) is 37.1. The van der Waals surface area contributed by atoms with Gasteiger partial charge >= 0.3 is 0 Å². The van der Waals surface area contributed by atoms with Gasteiger partial charge in [0.15, 0.2) is 0 Å². The molecule has 0 N–H and O–H groups in total. The molecule has 0 heterocycles. The molecule has 4 aromatic carbocycles. The molecule has 4 aromatic rings. The van der Waals surface area contributed by atoms with Crippen LogP contribution in [0.15, 0.2) is 90.0 Å². The second kappa shape index (κ2) is 12.2. The van der Waals surface area contributed by atoms with Crippen LogP contribution in [0.3, 0.4) is 0 Å². The summed E-state index contributed by atoms with van der Waals surface area (Å²) in [4.78, 5) is 0. The van der Waals surface area contributed by atoms with Crippen LogP contribution in [-0.4, -0.2) is 0 Å². The standard InChI is InChI=1S/C52H62/c1-13-32(14-2)34-27-40(33(15-3)16-4)45(31(7)8)52(29-34)43-26-25-38-47(51(11,12)48-37-23-19-20-24-42(37)50(9,10)49(38)48)44(43)41-28-39(30(5)6)35-21-17-18-22-36(35)46(41)52/h17-33,45H,13-16H2,1-12H3. The first kappa shape index (κ1) is 35.4. The molecule has 0 aromatic heterocycles. The van der Waals surface area contributed by atoms with Gasteiger partial charge in [-0.05, 0) is 133 Å². The highest BCUT2D eigenvalue weighted by molar-refractivity contribution is 6.13. The first-order valence-electron chi connectivity index (χ1n) is 20.8. The lowest BCUT2D eigenvalue weighted by Crippen LogP contribution is -2.42. The van der Waals surface area contributed by atoms with E-state index in [9.17, 15) is 0 Å². The Morgan fingerprint density at radius 2 is 1.21 bits per heavy atom. The van der Waals surface area contributed by atoms with Crippen molar-refractivity contribution >= 4 is 21.9 Å². The van der Waals surface area contributed by atoms with E-state index in [-0.39, 0.29) is 16.2 Å². The summed E-state index contributed by atoms with van der Waals surface area (Å²) in [5.74, 6) is 2.41. The minimum Gasteiger partial charge on any atom is -0.0654 e. The monoisotopic (exact) mass is 686 g/mol. The Morgan fingerprint density at radius 3 is 1.85 bits per heavy atom. The Bertz CT molecular complexity index is 2200. The third-order valence-electron chi connectivity index (χ3n) is 14.5. The molecule has 270 valence electrons. The molecular formula is C52H62. The van der Waals surface area contributed by atoms with E-state index in [4.69, 9.17) is 0 Å². The number of hydrogen-bond donors (Lipinski definition) is 0. The van der Waals surface area contributed by atoms with Gasteiger partial charge in [0.2, 0.25) is 0 Å². The fourth-order valence-electron chi connectivity index (χ4n) is 12.3. The maximum absolute atomic E-state index is 2.85. The van der Waals surface area contributed by atoms with Crippen LogP contribution in [0.1, 0.15) is 154 Å². The number of rotatable bonds is 8. The molecule has 0 saturated carbocycles. The van der Waals surface area contributed by atoms with Crippen molar-refractivity contribution < 1.29 is 0 Å². The maximum Gasteiger partial charge on any atom is 0.0474 e. The summed E-state index contributed by atoms with van der Waals surface area (Å²) in [7, 11) is 0. The van der Waals surface area contributed by atoms with E-state index < -0.39 is 0 Å². The van der Waals surface area contributed by atoms with Gasteiger partial charge < -0.3 is 0 Å². The normalized spacial score (nSPS) is 22.0. The Labute approximate surface area is 315 Å². The van der Waals surface area contributed by atoms with E-state index in [2.05, 4.69) is 162 Å². The summed E-state index contributed by atoms with van der Waals surface area (Å²) in [5, 5.41) is 2.90.